The smallest absolute Gasteiger partial charge is 0.308 e. The van der Waals surface area contributed by atoms with E-state index in [0.717, 1.165) is 11.1 Å². The van der Waals surface area contributed by atoms with Crippen LogP contribution in [-0.4, -0.2) is 34.4 Å². The Morgan fingerprint density at radius 1 is 0.860 bits per heavy atom. The molecule has 0 unspecified atom stereocenters. The summed E-state index contributed by atoms with van der Waals surface area (Å²) >= 11 is 6.59. The van der Waals surface area contributed by atoms with Gasteiger partial charge < -0.3 is 15.0 Å². The molecule has 43 heavy (non-hydrogen) atoms. The van der Waals surface area contributed by atoms with Crippen molar-refractivity contribution >= 4 is 46.8 Å². The molecule has 3 aliphatic heterocycles. The predicted molar refractivity (Wildman–Crippen MR) is 162 cm³/mol. The van der Waals surface area contributed by atoms with Gasteiger partial charge in [-0.15, -0.1) is 0 Å². The molecule has 0 aliphatic carbocycles. The fourth-order valence-corrected chi connectivity index (χ4v) is 7.25. The molecule has 4 atom stereocenters. The average molecular weight is 589 g/mol. The van der Waals surface area contributed by atoms with E-state index in [2.05, 4.69) is 5.32 Å². The van der Waals surface area contributed by atoms with Crippen LogP contribution in [0.5, 0.6) is 5.75 Å². The van der Waals surface area contributed by atoms with Gasteiger partial charge in [0, 0.05) is 29.9 Å². The number of para-hydroxylation sites is 1. The van der Waals surface area contributed by atoms with Crippen LogP contribution in [0.2, 0.25) is 5.02 Å². The largest absolute Gasteiger partial charge is 0.427 e. The highest BCUT2D eigenvalue weighted by molar-refractivity contribution is 6.34. The van der Waals surface area contributed by atoms with Gasteiger partial charge in [-0.3, -0.25) is 19.2 Å². The van der Waals surface area contributed by atoms with Crippen LogP contribution in [0.15, 0.2) is 103 Å². The number of ketones is 2. The van der Waals surface area contributed by atoms with Gasteiger partial charge in [0.1, 0.15) is 17.2 Å². The summed E-state index contributed by atoms with van der Waals surface area (Å²) < 4.78 is 5.17. The topological polar surface area (TPSA) is 92.8 Å². The van der Waals surface area contributed by atoms with Crippen LogP contribution in [0, 0.1) is 5.92 Å². The molecule has 0 bridgehead atoms. The van der Waals surface area contributed by atoms with E-state index in [1.807, 2.05) is 65.7 Å². The van der Waals surface area contributed by atoms with Crippen molar-refractivity contribution in [3.8, 4) is 5.75 Å². The SMILES string of the molecule is CC(=O)Oc1ccc(C(=O)[C@H]2[C@H](C(=O)c3ccccc3Cl)[C@]3(C(=O)Nc4ccccc43)[C@H]3c4ccccc4C=CN23)cc1. The van der Waals surface area contributed by atoms with Gasteiger partial charge in [-0.1, -0.05) is 66.2 Å². The molecular weight excluding hydrogens is 564 g/mol. The van der Waals surface area contributed by atoms with Crippen LogP contribution >= 0.6 is 11.6 Å². The van der Waals surface area contributed by atoms with Gasteiger partial charge in [0.05, 0.1) is 17.0 Å². The second-order valence-corrected chi connectivity index (χ2v) is 11.3. The number of hydrogen-bond donors (Lipinski definition) is 1. The Morgan fingerprint density at radius 3 is 2.33 bits per heavy atom. The van der Waals surface area contributed by atoms with E-state index in [1.54, 1.807) is 48.5 Å². The van der Waals surface area contributed by atoms with Gasteiger partial charge in [0.2, 0.25) is 5.91 Å². The zero-order chi connectivity index (χ0) is 29.9. The number of carbonyl (C=O) groups is 4. The molecule has 3 aliphatic rings. The number of fused-ring (bicyclic) bond motifs is 6. The fourth-order valence-electron chi connectivity index (χ4n) is 7.02. The summed E-state index contributed by atoms with van der Waals surface area (Å²) in [4.78, 5) is 57.3. The minimum absolute atomic E-state index is 0.242. The lowest BCUT2D eigenvalue weighted by Gasteiger charge is -2.38. The van der Waals surface area contributed by atoms with Crippen LogP contribution in [0.25, 0.3) is 6.08 Å². The van der Waals surface area contributed by atoms with Gasteiger partial charge in [-0.05, 0) is 65.2 Å². The lowest BCUT2D eigenvalue weighted by atomic mass is 9.62. The highest BCUT2D eigenvalue weighted by Crippen LogP contribution is 2.62. The Balaban J connectivity index is 1.49. The maximum Gasteiger partial charge on any atom is 0.308 e. The summed E-state index contributed by atoms with van der Waals surface area (Å²) in [5.74, 6) is -2.41. The number of benzene rings is 4. The fraction of sp³-hybridized carbons (Fsp3) is 0.143. The molecule has 0 saturated carbocycles. The Morgan fingerprint density at radius 2 is 1.56 bits per heavy atom. The average Bonchev–Trinajstić information content (AvgIpc) is 3.49. The maximum atomic E-state index is 14.8. The predicted octanol–water partition coefficient (Wildman–Crippen LogP) is 6.25. The first-order valence-corrected chi connectivity index (χ1v) is 14.3. The van der Waals surface area contributed by atoms with Gasteiger partial charge in [0.15, 0.2) is 11.6 Å². The lowest BCUT2D eigenvalue weighted by molar-refractivity contribution is -0.131. The van der Waals surface area contributed by atoms with Crippen LogP contribution in [0.1, 0.15) is 50.4 Å². The van der Waals surface area contributed by atoms with E-state index in [9.17, 15) is 19.2 Å². The molecule has 3 heterocycles. The normalized spacial score (nSPS) is 22.9. The number of Topliss-reactive ketones (excluding diaryl/α,β-unsaturated/α-hetero) is 2. The van der Waals surface area contributed by atoms with Gasteiger partial charge in [-0.25, -0.2) is 0 Å². The van der Waals surface area contributed by atoms with Crippen molar-refractivity contribution in [2.75, 3.05) is 5.32 Å². The van der Waals surface area contributed by atoms with E-state index in [4.69, 9.17) is 16.3 Å². The van der Waals surface area contributed by atoms with E-state index in [-0.39, 0.29) is 22.3 Å². The number of nitrogens with one attached hydrogen (secondary N) is 1. The van der Waals surface area contributed by atoms with Crippen molar-refractivity contribution < 1.29 is 23.9 Å². The summed E-state index contributed by atoms with van der Waals surface area (Å²) in [6.07, 6.45) is 3.73. The Labute approximate surface area is 252 Å². The number of anilines is 1. The van der Waals surface area contributed by atoms with Crippen LogP contribution in [0.4, 0.5) is 5.69 Å². The monoisotopic (exact) mass is 588 g/mol. The molecule has 1 saturated heterocycles. The van der Waals surface area contributed by atoms with E-state index in [1.165, 1.54) is 6.92 Å². The second-order valence-electron chi connectivity index (χ2n) is 10.9. The minimum atomic E-state index is -1.45. The molecule has 7 nitrogen and oxygen atoms in total. The first kappa shape index (κ1) is 26.9. The number of nitrogens with zero attached hydrogens (tertiary/aromatic N) is 1. The second kappa shape index (κ2) is 10.1. The molecule has 8 heteroatoms. The number of amides is 1. The number of halogens is 1. The third-order valence-electron chi connectivity index (χ3n) is 8.66. The molecule has 212 valence electrons. The minimum Gasteiger partial charge on any atom is -0.427 e. The van der Waals surface area contributed by atoms with Crippen LogP contribution < -0.4 is 10.1 Å². The van der Waals surface area contributed by atoms with Crippen molar-refractivity contribution in [2.45, 2.75) is 24.4 Å². The summed E-state index contributed by atoms with van der Waals surface area (Å²) in [6.45, 7) is 1.30. The molecule has 1 amide bonds. The Kier molecular flexibility index (Phi) is 6.29. The van der Waals surface area contributed by atoms with Crippen molar-refractivity contribution in [1.29, 1.82) is 0 Å². The van der Waals surface area contributed by atoms with Crippen molar-refractivity contribution in [1.82, 2.24) is 4.90 Å². The van der Waals surface area contributed by atoms with Crippen molar-refractivity contribution in [3.63, 3.8) is 0 Å². The lowest BCUT2D eigenvalue weighted by Crippen LogP contribution is -2.49. The van der Waals surface area contributed by atoms with Crippen molar-refractivity contribution in [2.24, 2.45) is 5.92 Å². The molecule has 7 rings (SSSR count). The third-order valence-corrected chi connectivity index (χ3v) is 8.99. The maximum absolute atomic E-state index is 14.8. The number of hydrogen-bond acceptors (Lipinski definition) is 6. The number of esters is 1. The zero-order valence-corrected chi connectivity index (χ0v) is 23.7. The highest BCUT2D eigenvalue weighted by atomic mass is 35.5. The molecule has 0 radical (unpaired) electrons. The van der Waals surface area contributed by atoms with Crippen molar-refractivity contribution in [3.05, 3.63) is 136 Å². The Hall–Kier alpha value is -5.01. The van der Waals surface area contributed by atoms with E-state index >= 15 is 0 Å². The van der Waals surface area contributed by atoms with E-state index < -0.39 is 35.2 Å². The number of ether oxygens (including phenoxy) is 1. The van der Waals surface area contributed by atoms with Crippen LogP contribution in [0.3, 0.4) is 0 Å². The molecule has 4 aromatic rings. The number of rotatable bonds is 5. The molecule has 1 N–H and O–H groups in total. The standard InChI is InChI=1S/C35H25ClN2O5/c1-20(39)43-23-16-14-22(15-17-23)31(40)30-29(32(41)25-10-4-6-12-27(25)36)35(26-11-5-7-13-28(26)37-34(35)42)33-24-9-3-2-8-21(24)18-19-38(30)33/h2-19,29-30,33H,1H3,(H,37,42)/t29-,30-,33-,35+/m1/s1. The number of carbonyl (C=O) groups excluding carboxylic acids is 4. The first-order chi connectivity index (χ1) is 20.8. The molecular formula is C35H25ClN2O5. The van der Waals surface area contributed by atoms with Gasteiger partial charge >= 0.3 is 5.97 Å². The summed E-state index contributed by atoms with van der Waals surface area (Å²) in [6, 6.07) is 26.3. The molecule has 1 spiro atoms. The molecule has 4 aromatic carbocycles. The zero-order valence-electron chi connectivity index (χ0n) is 23.0. The first-order valence-electron chi connectivity index (χ1n) is 13.9. The quantitative estimate of drug-likeness (QED) is 0.168. The van der Waals surface area contributed by atoms with Gasteiger partial charge in [-0.2, -0.15) is 0 Å². The summed E-state index contributed by atoms with van der Waals surface area (Å²) in [7, 11) is 0. The van der Waals surface area contributed by atoms with Gasteiger partial charge in [0.25, 0.3) is 0 Å². The molecule has 1 fully saturated rings. The Bertz CT molecular complexity index is 1870. The third kappa shape index (κ3) is 3.96. The van der Waals surface area contributed by atoms with E-state index in [0.29, 0.717) is 22.6 Å². The van der Waals surface area contributed by atoms with Crippen LogP contribution in [-0.2, 0) is 15.0 Å². The summed E-state index contributed by atoms with van der Waals surface area (Å²) in [5, 5.41) is 3.28. The molecule has 0 aromatic heterocycles. The summed E-state index contributed by atoms with van der Waals surface area (Å²) in [5.41, 5.74) is 2.11. The highest BCUT2D eigenvalue weighted by Gasteiger charge is 2.70.